The lowest BCUT2D eigenvalue weighted by Gasteiger charge is -2.12. The highest BCUT2D eigenvalue weighted by Crippen LogP contribution is 2.34. The van der Waals surface area contributed by atoms with Gasteiger partial charge in [0.15, 0.2) is 0 Å². The third-order valence-corrected chi connectivity index (χ3v) is 7.20. The van der Waals surface area contributed by atoms with Gasteiger partial charge < -0.3 is 5.73 Å². The zero-order valence-corrected chi connectivity index (χ0v) is 15.4. The van der Waals surface area contributed by atoms with Gasteiger partial charge in [0, 0.05) is 6.20 Å². The first kappa shape index (κ1) is 18.8. The lowest BCUT2D eigenvalue weighted by molar-refractivity contribution is 0.570. The number of anilines is 1. The number of nitrogens with two attached hydrogens (primary N) is 1. The normalized spacial score (nSPS) is 18.8. The molecule has 3 N–H and O–H groups in total. The van der Waals surface area contributed by atoms with Crippen LogP contribution in [0.4, 0.5) is 5.82 Å². The van der Waals surface area contributed by atoms with E-state index in [-0.39, 0.29) is 23.4 Å². The molecule has 0 bridgehead atoms. The third kappa shape index (κ3) is 4.53. The van der Waals surface area contributed by atoms with Gasteiger partial charge in [-0.1, -0.05) is 18.8 Å². The molecule has 2 atom stereocenters. The van der Waals surface area contributed by atoms with Crippen molar-refractivity contribution in [2.45, 2.75) is 43.7 Å². The highest BCUT2D eigenvalue weighted by Gasteiger charge is 2.20. The van der Waals surface area contributed by atoms with E-state index in [1.54, 1.807) is 29.4 Å². The van der Waals surface area contributed by atoms with Crippen LogP contribution in [0.15, 0.2) is 11.0 Å². The molecular weight excluding hydrogens is 348 g/mol. The van der Waals surface area contributed by atoms with E-state index in [0.29, 0.717) is 12.0 Å². The molecule has 1 unspecified atom stereocenters. The first-order valence-electron chi connectivity index (χ1n) is 7.82. The number of aromatic nitrogens is 2. The van der Waals surface area contributed by atoms with E-state index in [2.05, 4.69) is 21.5 Å². The molecule has 1 aliphatic heterocycles. The Kier molecular flexibility index (Phi) is 6.32. The van der Waals surface area contributed by atoms with Crippen LogP contribution in [0.1, 0.15) is 44.0 Å². The number of rotatable bonds is 5. The van der Waals surface area contributed by atoms with Crippen molar-refractivity contribution in [1.29, 1.82) is 0 Å². The Bertz CT molecular complexity index is 802. The van der Waals surface area contributed by atoms with Crippen LogP contribution < -0.4 is 16.1 Å². The predicted octanol–water partition coefficient (Wildman–Crippen LogP) is 0.920. The van der Waals surface area contributed by atoms with Crippen LogP contribution in [-0.4, -0.2) is 35.5 Å². The Balaban J connectivity index is 2.13. The van der Waals surface area contributed by atoms with Gasteiger partial charge in [-0.3, -0.25) is 4.57 Å². The standard InChI is InChI=1S/C15H22N4O3S2/c1-3-11(2)24(21,22)17-8-4-6-12-10-19(13-7-5-9-23-13)15(20)18-14(12)16/h10-11,13,17H,3,5,7-9H2,1-2H3,(H2,16,18,20)/t11?,13-/m0/s1. The number of nitrogens with one attached hydrogen (secondary N) is 1. The molecule has 1 saturated heterocycles. The van der Waals surface area contributed by atoms with Gasteiger partial charge in [0.2, 0.25) is 10.0 Å². The summed E-state index contributed by atoms with van der Waals surface area (Å²) in [6.07, 6.45) is 4.12. The molecular formula is C15H22N4O3S2. The summed E-state index contributed by atoms with van der Waals surface area (Å²) in [5.74, 6) is 6.61. The Labute approximate surface area is 146 Å². The summed E-state index contributed by atoms with van der Waals surface area (Å²) < 4.78 is 27.7. The molecule has 2 rings (SSSR count). The Morgan fingerprint density at radius 2 is 2.33 bits per heavy atom. The van der Waals surface area contributed by atoms with Crippen LogP contribution in [0.5, 0.6) is 0 Å². The van der Waals surface area contributed by atoms with Crippen molar-refractivity contribution in [3.63, 3.8) is 0 Å². The maximum atomic E-state index is 12.0. The van der Waals surface area contributed by atoms with Gasteiger partial charge in [-0.15, -0.1) is 11.8 Å². The Hall–Kier alpha value is -1.50. The van der Waals surface area contributed by atoms with E-state index in [1.165, 1.54) is 0 Å². The van der Waals surface area contributed by atoms with Crippen molar-refractivity contribution in [2.75, 3.05) is 18.0 Å². The van der Waals surface area contributed by atoms with Gasteiger partial charge in [-0.05, 0) is 31.9 Å². The summed E-state index contributed by atoms with van der Waals surface area (Å²) in [4.78, 5) is 15.8. The molecule has 1 aliphatic rings. The molecule has 0 saturated carbocycles. The van der Waals surface area contributed by atoms with Crippen LogP contribution >= 0.6 is 11.8 Å². The molecule has 1 aromatic heterocycles. The third-order valence-electron chi connectivity index (χ3n) is 3.89. The SMILES string of the molecule is CCC(C)S(=O)(=O)NCC#Cc1cn([C@@H]2CCCS2)c(=O)nc1N. The lowest BCUT2D eigenvalue weighted by atomic mass is 10.3. The minimum absolute atomic E-state index is 0.0105. The van der Waals surface area contributed by atoms with Crippen LogP contribution in [0.3, 0.4) is 0 Å². The molecule has 1 aromatic rings. The van der Waals surface area contributed by atoms with Crippen molar-refractivity contribution >= 4 is 27.6 Å². The van der Waals surface area contributed by atoms with Crippen molar-refractivity contribution in [3.8, 4) is 11.8 Å². The van der Waals surface area contributed by atoms with Gasteiger partial charge in [0.1, 0.15) is 5.82 Å². The van der Waals surface area contributed by atoms with Crippen molar-refractivity contribution in [1.82, 2.24) is 14.3 Å². The van der Waals surface area contributed by atoms with E-state index < -0.39 is 15.3 Å². The van der Waals surface area contributed by atoms with E-state index in [4.69, 9.17) is 5.73 Å². The van der Waals surface area contributed by atoms with E-state index >= 15 is 0 Å². The Morgan fingerprint density at radius 1 is 1.58 bits per heavy atom. The Morgan fingerprint density at radius 3 is 2.96 bits per heavy atom. The first-order chi connectivity index (χ1) is 11.3. The smallest absolute Gasteiger partial charge is 0.350 e. The van der Waals surface area contributed by atoms with E-state index in [9.17, 15) is 13.2 Å². The second-order valence-electron chi connectivity index (χ2n) is 5.58. The van der Waals surface area contributed by atoms with Gasteiger partial charge in [-0.25, -0.2) is 17.9 Å². The summed E-state index contributed by atoms with van der Waals surface area (Å²) >= 11 is 1.70. The van der Waals surface area contributed by atoms with E-state index in [0.717, 1.165) is 18.6 Å². The van der Waals surface area contributed by atoms with Crippen molar-refractivity contribution < 1.29 is 8.42 Å². The minimum Gasteiger partial charge on any atom is -0.382 e. The van der Waals surface area contributed by atoms with Gasteiger partial charge in [0.25, 0.3) is 0 Å². The second kappa shape index (κ2) is 8.05. The molecule has 132 valence electrons. The molecule has 0 spiro atoms. The zero-order valence-electron chi connectivity index (χ0n) is 13.8. The summed E-state index contributed by atoms with van der Waals surface area (Å²) in [5.41, 5.74) is 5.81. The van der Waals surface area contributed by atoms with Crippen LogP contribution in [0, 0.1) is 11.8 Å². The van der Waals surface area contributed by atoms with Gasteiger partial charge in [0.05, 0.1) is 22.7 Å². The van der Waals surface area contributed by atoms with Crippen LogP contribution in [0.2, 0.25) is 0 Å². The molecule has 7 nitrogen and oxygen atoms in total. The molecule has 0 aliphatic carbocycles. The van der Waals surface area contributed by atoms with Gasteiger partial charge in [-0.2, -0.15) is 4.98 Å². The fourth-order valence-corrected chi connectivity index (χ4v) is 4.45. The summed E-state index contributed by atoms with van der Waals surface area (Å²) in [5, 5.41) is -0.401. The maximum absolute atomic E-state index is 12.0. The highest BCUT2D eigenvalue weighted by molar-refractivity contribution is 7.99. The first-order valence-corrected chi connectivity index (χ1v) is 10.4. The molecule has 0 radical (unpaired) electrons. The van der Waals surface area contributed by atoms with Crippen molar-refractivity contribution in [2.24, 2.45) is 0 Å². The van der Waals surface area contributed by atoms with E-state index in [1.807, 2.05) is 6.92 Å². The summed E-state index contributed by atoms with van der Waals surface area (Å²) in [6.45, 7) is 3.45. The number of nitrogen functional groups attached to an aromatic ring is 1. The number of nitrogens with zero attached hydrogens (tertiary/aromatic N) is 2. The number of hydrogen-bond donors (Lipinski definition) is 2. The van der Waals surface area contributed by atoms with Crippen LogP contribution in [0.25, 0.3) is 0 Å². The van der Waals surface area contributed by atoms with Crippen LogP contribution in [-0.2, 0) is 10.0 Å². The quantitative estimate of drug-likeness (QED) is 0.747. The monoisotopic (exact) mass is 370 g/mol. The molecule has 1 fully saturated rings. The number of sulfonamides is 1. The lowest BCUT2D eigenvalue weighted by Crippen LogP contribution is -2.32. The molecule has 0 aromatic carbocycles. The topological polar surface area (TPSA) is 107 Å². The number of thioether (sulfide) groups is 1. The highest BCUT2D eigenvalue weighted by atomic mass is 32.2. The fourth-order valence-electron chi connectivity index (χ4n) is 2.20. The molecule has 2 heterocycles. The fraction of sp³-hybridized carbons (Fsp3) is 0.600. The average molecular weight is 371 g/mol. The molecule has 9 heteroatoms. The largest absolute Gasteiger partial charge is 0.382 e. The predicted molar refractivity (Wildman–Crippen MR) is 97.2 cm³/mol. The molecule has 24 heavy (non-hydrogen) atoms. The summed E-state index contributed by atoms with van der Waals surface area (Å²) in [6, 6.07) is 0. The average Bonchev–Trinajstić information content (AvgIpc) is 3.06. The molecule has 0 amide bonds. The minimum atomic E-state index is -3.36. The zero-order chi connectivity index (χ0) is 17.7. The maximum Gasteiger partial charge on any atom is 0.350 e. The van der Waals surface area contributed by atoms with Gasteiger partial charge >= 0.3 is 5.69 Å². The number of hydrogen-bond acceptors (Lipinski definition) is 6. The van der Waals surface area contributed by atoms with Crippen molar-refractivity contribution in [3.05, 3.63) is 22.2 Å². The summed E-state index contributed by atoms with van der Waals surface area (Å²) in [7, 11) is -3.36. The second-order valence-corrected chi connectivity index (χ2v) is 9.05.